The van der Waals surface area contributed by atoms with Crippen LogP contribution in [0.5, 0.6) is 11.5 Å². The Morgan fingerprint density at radius 1 is 1.00 bits per heavy atom. The maximum absolute atomic E-state index is 9.34. The van der Waals surface area contributed by atoms with E-state index in [2.05, 4.69) is 29.2 Å². The number of benzene rings is 2. The average molecular weight is 445 g/mol. The lowest BCUT2D eigenvalue weighted by Crippen LogP contribution is -2.35. The van der Waals surface area contributed by atoms with Crippen molar-refractivity contribution in [3.05, 3.63) is 80.0 Å². The highest BCUT2D eigenvalue weighted by atomic mass is 32.1. The molecule has 0 spiro atoms. The first-order valence-electron chi connectivity index (χ1n) is 11.3. The van der Waals surface area contributed by atoms with Gasteiger partial charge in [-0.2, -0.15) is 5.26 Å². The lowest BCUT2D eigenvalue weighted by Gasteiger charge is -2.36. The molecule has 1 aromatic heterocycles. The number of nitriles is 1. The summed E-state index contributed by atoms with van der Waals surface area (Å²) in [6.07, 6.45) is 6.16. The van der Waals surface area contributed by atoms with Gasteiger partial charge in [-0.25, -0.2) is 0 Å². The molecule has 3 aromatic rings. The van der Waals surface area contributed by atoms with Crippen LogP contribution in [0.3, 0.4) is 0 Å². The summed E-state index contributed by atoms with van der Waals surface area (Å²) in [6.45, 7) is 1.82. The number of fused-ring (bicyclic) bond motifs is 3. The van der Waals surface area contributed by atoms with E-state index in [9.17, 15) is 5.26 Å². The monoisotopic (exact) mass is 444 g/mol. The smallest absolute Gasteiger partial charge is 0.161 e. The van der Waals surface area contributed by atoms with Gasteiger partial charge < -0.3 is 9.47 Å². The van der Waals surface area contributed by atoms with E-state index in [0.717, 1.165) is 36.6 Å². The highest BCUT2D eigenvalue weighted by Crippen LogP contribution is 2.46. The van der Waals surface area contributed by atoms with Crippen molar-refractivity contribution in [2.75, 3.05) is 20.8 Å². The number of aryl methyl sites for hydroxylation is 1. The lowest BCUT2D eigenvalue weighted by molar-refractivity contribution is 0.207. The molecule has 5 heteroatoms. The Balaban J connectivity index is 1.59. The molecule has 0 N–H and O–H groups in total. The van der Waals surface area contributed by atoms with Gasteiger partial charge in [0.15, 0.2) is 11.5 Å². The number of thiophene rings is 1. The van der Waals surface area contributed by atoms with Gasteiger partial charge in [0, 0.05) is 22.8 Å². The van der Waals surface area contributed by atoms with Crippen LogP contribution in [-0.4, -0.2) is 25.7 Å². The second kappa shape index (κ2) is 8.97. The van der Waals surface area contributed by atoms with Crippen LogP contribution in [0.25, 0.3) is 0 Å². The van der Waals surface area contributed by atoms with E-state index in [1.807, 2.05) is 35.6 Å². The third-order valence-electron chi connectivity index (χ3n) is 6.74. The van der Waals surface area contributed by atoms with Gasteiger partial charge in [0.1, 0.15) is 0 Å². The lowest BCUT2D eigenvalue weighted by atomic mass is 9.88. The predicted molar refractivity (Wildman–Crippen MR) is 128 cm³/mol. The van der Waals surface area contributed by atoms with Crippen LogP contribution >= 0.6 is 11.3 Å². The van der Waals surface area contributed by atoms with Gasteiger partial charge in [-0.3, -0.25) is 4.90 Å². The van der Waals surface area contributed by atoms with E-state index in [-0.39, 0.29) is 6.04 Å². The average Bonchev–Trinajstić information content (AvgIpc) is 3.22. The minimum Gasteiger partial charge on any atom is -0.493 e. The number of nitrogens with zero attached hydrogens (tertiary/aromatic N) is 2. The van der Waals surface area contributed by atoms with Crippen molar-refractivity contribution in [2.24, 2.45) is 0 Å². The molecule has 5 rings (SSSR count). The number of rotatable bonds is 5. The van der Waals surface area contributed by atoms with Gasteiger partial charge in [-0.1, -0.05) is 18.2 Å². The summed E-state index contributed by atoms with van der Waals surface area (Å²) in [6, 6.07) is 16.8. The molecule has 0 radical (unpaired) electrons. The molecule has 0 bridgehead atoms. The number of hydrogen-bond donors (Lipinski definition) is 0. The Morgan fingerprint density at radius 2 is 1.84 bits per heavy atom. The Hall–Kier alpha value is -2.81. The molecule has 32 heavy (non-hydrogen) atoms. The van der Waals surface area contributed by atoms with Crippen molar-refractivity contribution in [1.82, 2.24) is 4.90 Å². The highest BCUT2D eigenvalue weighted by Gasteiger charge is 2.34. The van der Waals surface area contributed by atoms with Crippen LogP contribution in [0.2, 0.25) is 0 Å². The quantitative estimate of drug-likeness (QED) is 0.509. The van der Waals surface area contributed by atoms with Gasteiger partial charge in [0.2, 0.25) is 0 Å². The molecular weight excluding hydrogens is 416 g/mol. The van der Waals surface area contributed by atoms with Crippen LogP contribution in [0.1, 0.15) is 56.5 Å². The normalized spacial score (nSPS) is 17.8. The largest absolute Gasteiger partial charge is 0.493 e. The van der Waals surface area contributed by atoms with Gasteiger partial charge in [0.25, 0.3) is 0 Å². The molecular formula is C27H28N2O2S. The minimum atomic E-state index is 0.180. The molecule has 0 saturated carbocycles. The Morgan fingerprint density at radius 3 is 2.66 bits per heavy atom. The molecule has 0 fully saturated rings. The maximum Gasteiger partial charge on any atom is 0.161 e. The Bertz CT molecular complexity index is 1180. The van der Waals surface area contributed by atoms with Gasteiger partial charge in [0.05, 0.1) is 31.9 Å². The summed E-state index contributed by atoms with van der Waals surface area (Å²) >= 11 is 2.02. The SMILES string of the molecule is COc1ccc([C@@H]2c3sc4c(c3CCN2Cc2cccc(C#N)c2)CCCC4)cc1OC. The van der Waals surface area contributed by atoms with E-state index < -0.39 is 0 Å². The molecule has 0 saturated heterocycles. The molecule has 2 aromatic carbocycles. The summed E-state index contributed by atoms with van der Waals surface area (Å²) < 4.78 is 11.1. The van der Waals surface area contributed by atoms with Crippen molar-refractivity contribution < 1.29 is 9.47 Å². The summed E-state index contributed by atoms with van der Waals surface area (Å²) in [5.74, 6) is 1.52. The number of ether oxygens (including phenoxy) is 2. The summed E-state index contributed by atoms with van der Waals surface area (Å²) in [5, 5.41) is 9.34. The summed E-state index contributed by atoms with van der Waals surface area (Å²) in [4.78, 5) is 5.65. The van der Waals surface area contributed by atoms with Crippen LogP contribution in [0, 0.1) is 11.3 Å². The van der Waals surface area contributed by atoms with E-state index in [1.165, 1.54) is 41.7 Å². The molecule has 1 aliphatic heterocycles. The Labute approximate surface area is 194 Å². The van der Waals surface area contributed by atoms with E-state index >= 15 is 0 Å². The first kappa shape index (κ1) is 21.1. The topological polar surface area (TPSA) is 45.5 Å². The van der Waals surface area contributed by atoms with Crippen LogP contribution in [0.4, 0.5) is 0 Å². The van der Waals surface area contributed by atoms with Gasteiger partial charge in [-0.05, 0) is 78.6 Å². The standard InChI is InChI=1S/C27H28N2O2S/c1-30-23-11-10-20(15-24(23)31-2)26-27-22(21-8-3-4-9-25(21)32-27)12-13-29(26)17-19-7-5-6-18(14-19)16-28/h5-7,10-11,14-15,26H,3-4,8-9,12-13,17H2,1-2H3/t26-/m1/s1. The molecule has 0 unspecified atom stereocenters. The Kier molecular flexibility index (Phi) is 5.91. The number of hydrogen-bond acceptors (Lipinski definition) is 5. The van der Waals surface area contributed by atoms with Crippen LogP contribution in [0.15, 0.2) is 42.5 Å². The molecule has 1 atom stereocenters. The highest BCUT2D eigenvalue weighted by molar-refractivity contribution is 7.12. The minimum absolute atomic E-state index is 0.180. The van der Waals surface area contributed by atoms with Crippen molar-refractivity contribution in [3.8, 4) is 17.6 Å². The molecule has 2 aliphatic rings. The molecule has 1 aliphatic carbocycles. The van der Waals surface area contributed by atoms with Crippen molar-refractivity contribution >= 4 is 11.3 Å². The van der Waals surface area contributed by atoms with Crippen molar-refractivity contribution in [3.63, 3.8) is 0 Å². The van der Waals surface area contributed by atoms with Gasteiger partial charge in [-0.15, -0.1) is 11.3 Å². The molecule has 0 amide bonds. The van der Waals surface area contributed by atoms with Gasteiger partial charge >= 0.3 is 0 Å². The van der Waals surface area contributed by atoms with Crippen molar-refractivity contribution in [2.45, 2.75) is 44.7 Å². The predicted octanol–water partition coefficient (Wildman–Crippen LogP) is 5.66. The molecule has 4 nitrogen and oxygen atoms in total. The summed E-state index contributed by atoms with van der Waals surface area (Å²) in [7, 11) is 3.38. The zero-order chi connectivity index (χ0) is 22.1. The molecule has 2 heterocycles. The first-order chi connectivity index (χ1) is 15.7. The fraction of sp³-hybridized carbons (Fsp3) is 0.370. The zero-order valence-corrected chi connectivity index (χ0v) is 19.5. The first-order valence-corrected chi connectivity index (χ1v) is 12.1. The van der Waals surface area contributed by atoms with Crippen LogP contribution in [-0.2, 0) is 25.8 Å². The maximum atomic E-state index is 9.34. The summed E-state index contributed by atoms with van der Waals surface area (Å²) in [5.41, 5.74) is 6.35. The molecule has 164 valence electrons. The fourth-order valence-corrected chi connectivity index (χ4v) is 6.83. The second-order valence-corrected chi connectivity index (χ2v) is 9.74. The van der Waals surface area contributed by atoms with Crippen molar-refractivity contribution in [1.29, 1.82) is 5.26 Å². The van der Waals surface area contributed by atoms with E-state index in [4.69, 9.17) is 9.47 Å². The fourth-order valence-electron chi connectivity index (χ4n) is 5.23. The second-order valence-electron chi connectivity index (χ2n) is 8.60. The third kappa shape index (κ3) is 3.79. The van der Waals surface area contributed by atoms with E-state index in [0.29, 0.717) is 0 Å². The third-order valence-corrected chi connectivity index (χ3v) is 8.13. The number of methoxy groups -OCH3 is 2. The van der Waals surface area contributed by atoms with Crippen LogP contribution < -0.4 is 9.47 Å². The van der Waals surface area contributed by atoms with E-state index in [1.54, 1.807) is 30.2 Å². The zero-order valence-electron chi connectivity index (χ0n) is 18.7.